The molecule has 8 N–H and O–H groups in total. The average Bonchev–Trinajstić information content (AvgIpc) is 3.09. The Bertz CT molecular complexity index is 1510. The van der Waals surface area contributed by atoms with Crippen LogP contribution in [0.1, 0.15) is 56.0 Å². The maximum Gasteiger partial charge on any atom is 0.416 e. The number of aliphatic hydroxyl groups is 1. The second-order valence-corrected chi connectivity index (χ2v) is 11.3. The number of primary amides is 1. The first-order chi connectivity index (χ1) is 24.1. The molecule has 0 saturated heterocycles. The van der Waals surface area contributed by atoms with Gasteiger partial charge in [0.25, 0.3) is 5.91 Å². The Hall–Kier alpha value is -5.44. The van der Waals surface area contributed by atoms with Gasteiger partial charge in [-0.25, -0.2) is 0 Å². The fraction of sp³-hybridized carbons (Fsp3) is 0.361. The monoisotopic (exact) mass is 717 g/mol. The molecule has 0 aliphatic carbocycles. The summed E-state index contributed by atoms with van der Waals surface area (Å²) >= 11 is 0. The molecule has 5 amide bonds. The summed E-state index contributed by atoms with van der Waals surface area (Å²) in [4.78, 5) is 56.0. The molecule has 15 heteroatoms. The number of hydrogen-bond donors (Lipinski definition) is 7. The number of carbonyl (C=O) groups excluding carboxylic acids is 5. The fourth-order valence-corrected chi connectivity index (χ4v) is 4.30. The minimum absolute atomic E-state index is 0.0841. The molecule has 0 heterocycles. The van der Waals surface area contributed by atoms with Gasteiger partial charge in [0.1, 0.15) is 5.75 Å². The number of phenolic OH excluding ortho intramolecular Hbond substituents is 1. The summed E-state index contributed by atoms with van der Waals surface area (Å²) in [5, 5.41) is 27.7. The van der Waals surface area contributed by atoms with Crippen molar-refractivity contribution < 1.29 is 47.4 Å². The number of rotatable bonds is 15. The Morgan fingerprint density at radius 3 is 1.92 bits per heavy atom. The third-order valence-electron chi connectivity index (χ3n) is 6.66. The molecule has 12 nitrogen and oxygen atoms in total. The molecule has 3 atom stereocenters. The molecule has 3 aromatic carbocycles. The van der Waals surface area contributed by atoms with Gasteiger partial charge in [-0.1, -0.05) is 74.9 Å². The van der Waals surface area contributed by atoms with E-state index in [2.05, 4.69) is 24.5 Å². The molecule has 3 aromatic rings. The Balaban J connectivity index is 0.000000513. The van der Waals surface area contributed by atoms with Crippen molar-refractivity contribution in [1.82, 2.24) is 21.3 Å². The molecule has 0 aromatic heterocycles. The second-order valence-electron chi connectivity index (χ2n) is 11.3. The molecule has 0 saturated carbocycles. The lowest BCUT2D eigenvalue weighted by Crippen LogP contribution is -2.51. The van der Waals surface area contributed by atoms with Crippen molar-refractivity contribution in [2.75, 3.05) is 13.1 Å². The van der Waals surface area contributed by atoms with Crippen molar-refractivity contribution in [1.29, 1.82) is 0 Å². The molecule has 0 aliphatic rings. The van der Waals surface area contributed by atoms with Crippen LogP contribution in [0.4, 0.5) is 13.2 Å². The van der Waals surface area contributed by atoms with Gasteiger partial charge in [-0.15, -0.1) is 0 Å². The fourth-order valence-electron chi connectivity index (χ4n) is 4.30. The smallest absolute Gasteiger partial charge is 0.416 e. The highest BCUT2D eigenvalue weighted by Gasteiger charge is 2.44. The Kier molecular flexibility index (Phi) is 19.7. The molecular formula is C36H46F3N5O7. The lowest BCUT2D eigenvalue weighted by atomic mass is 10.0. The van der Waals surface area contributed by atoms with Crippen LogP contribution in [0.15, 0.2) is 78.9 Å². The van der Waals surface area contributed by atoms with E-state index in [1.54, 1.807) is 24.3 Å². The molecule has 0 radical (unpaired) electrons. The van der Waals surface area contributed by atoms with Crippen LogP contribution < -0.4 is 27.0 Å². The lowest BCUT2D eigenvalue weighted by Gasteiger charge is -2.25. The second kappa shape index (κ2) is 23.1. The van der Waals surface area contributed by atoms with E-state index in [-0.39, 0.29) is 36.6 Å². The Morgan fingerprint density at radius 2 is 1.39 bits per heavy atom. The number of aromatic hydroxyl groups is 1. The summed E-state index contributed by atoms with van der Waals surface area (Å²) in [6, 6.07) is 22.3. The van der Waals surface area contributed by atoms with E-state index in [9.17, 15) is 42.3 Å². The molecular weight excluding hydrogens is 671 g/mol. The molecule has 3 rings (SSSR count). The van der Waals surface area contributed by atoms with Crippen LogP contribution >= 0.6 is 0 Å². The SMILES string of the molecule is CCC.C[C@H](Cc1ccc(O)cc1)NC(=O)CNC(=O)c1ccc(-c2ccccc2)cc1.NC(=O)CCC(NC(=O)CNC=O)C(O)C(F)(F)F. The van der Waals surface area contributed by atoms with E-state index in [1.165, 1.54) is 6.42 Å². The summed E-state index contributed by atoms with van der Waals surface area (Å²) in [5.41, 5.74) is 8.42. The first-order valence-corrected chi connectivity index (χ1v) is 16.1. The number of nitrogens with two attached hydrogens (primary N) is 1. The molecule has 0 fully saturated rings. The number of aliphatic hydroxyl groups excluding tert-OH is 1. The van der Waals surface area contributed by atoms with Crippen molar-refractivity contribution >= 4 is 30.0 Å². The average molecular weight is 718 g/mol. The van der Waals surface area contributed by atoms with Gasteiger partial charge in [-0.05, 0) is 60.7 Å². The molecule has 278 valence electrons. The van der Waals surface area contributed by atoms with Crippen LogP contribution in [0.5, 0.6) is 5.75 Å². The predicted molar refractivity (Wildman–Crippen MR) is 186 cm³/mol. The molecule has 0 bridgehead atoms. The van der Waals surface area contributed by atoms with Crippen molar-refractivity contribution in [2.24, 2.45) is 5.73 Å². The standard InChI is InChI=1S/C24H24N2O3.C9H14F3N3O4.C3H8/c1-17(15-18-7-13-22(27)14-8-18)26-23(28)16-25-24(29)21-11-9-20(10-12-21)19-5-3-2-4-6-19;10-9(11,12)8(19)5(1-2-6(13)17)15-7(18)3-14-4-16;1-3-2/h2-14,17,27H,15-16H2,1H3,(H,25,29)(H,26,28);4-5,8,19H,1-3H2,(H2,13,17)(H,14,16)(H,15,18);3H2,1-2H3/t17-;;/m1../s1. The summed E-state index contributed by atoms with van der Waals surface area (Å²) in [7, 11) is 0. The van der Waals surface area contributed by atoms with E-state index < -0.39 is 49.5 Å². The number of amides is 5. The van der Waals surface area contributed by atoms with Gasteiger partial charge in [0.2, 0.25) is 24.1 Å². The first kappa shape index (κ1) is 43.6. The van der Waals surface area contributed by atoms with Crippen LogP contribution in [-0.2, 0) is 25.6 Å². The summed E-state index contributed by atoms with van der Waals surface area (Å²) in [6.45, 7) is 5.52. The van der Waals surface area contributed by atoms with Crippen molar-refractivity contribution in [2.45, 2.75) is 70.8 Å². The third-order valence-corrected chi connectivity index (χ3v) is 6.66. The van der Waals surface area contributed by atoms with Crippen molar-refractivity contribution in [3.63, 3.8) is 0 Å². The van der Waals surface area contributed by atoms with E-state index in [1.807, 2.05) is 72.2 Å². The van der Waals surface area contributed by atoms with E-state index in [4.69, 9.17) is 10.8 Å². The minimum Gasteiger partial charge on any atom is -0.508 e. The molecule has 0 spiro atoms. The van der Waals surface area contributed by atoms with Crippen LogP contribution in [0, 0.1) is 0 Å². The Morgan fingerprint density at radius 1 is 0.843 bits per heavy atom. The molecule has 2 unspecified atom stereocenters. The number of hydrogen-bond acceptors (Lipinski definition) is 7. The van der Waals surface area contributed by atoms with Crippen LogP contribution in [0.25, 0.3) is 11.1 Å². The van der Waals surface area contributed by atoms with Crippen LogP contribution in [0.2, 0.25) is 0 Å². The van der Waals surface area contributed by atoms with Gasteiger partial charge in [0, 0.05) is 18.0 Å². The zero-order chi connectivity index (χ0) is 38.4. The highest BCUT2D eigenvalue weighted by Crippen LogP contribution is 2.24. The van der Waals surface area contributed by atoms with Gasteiger partial charge in [0.05, 0.1) is 19.1 Å². The third kappa shape index (κ3) is 18.2. The highest BCUT2D eigenvalue weighted by atomic mass is 19.4. The zero-order valence-corrected chi connectivity index (χ0v) is 28.7. The van der Waals surface area contributed by atoms with Gasteiger partial charge in [-0.3, -0.25) is 24.0 Å². The highest BCUT2D eigenvalue weighted by molar-refractivity contribution is 5.96. The molecule has 51 heavy (non-hydrogen) atoms. The van der Waals surface area contributed by atoms with Gasteiger partial charge in [-0.2, -0.15) is 13.2 Å². The Labute approximate surface area is 295 Å². The van der Waals surface area contributed by atoms with Gasteiger partial charge >= 0.3 is 6.18 Å². The normalized spacial score (nSPS) is 12.2. The van der Waals surface area contributed by atoms with Crippen LogP contribution in [-0.4, -0.2) is 77.7 Å². The lowest BCUT2D eigenvalue weighted by molar-refractivity contribution is -0.212. The van der Waals surface area contributed by atoms with Crippen molar-refractivity contribution in [3.8, 4) is 16.9 Å². The zero-order valence-electron chi connectivity index (χ0n) is 28.7. The number of halogens is 3. The minimum atomic E-state index is -4.95. The van der Waals surface area contributed by atoms with Gasteiger partial charge in [0.15, 0.2) is 6.10 Å². The largest absolute Gasteiger partial charge is 0.508 e. The maximum absolute atomic E-state index is 12.3. The first-order valence-electron chi connectivity index (χ1n) is 16.1. The van der Waals surface area contributed by atoms with E-state index in [0.717, 1.165) is 16.7 Å². The topological polar surface area (TPSA) is 200 Å². The van der Waals surface area contributed by atoms with Gasteiger partial charge < -0.3 is 37.2 Å². The summed E-state index contributed by atoms with van der Waals surface area (Å²) in [6.07, 6.45) is -6.60. The number of carbonyl (C=O) groups is 5. The predicted octanol–water partition coefficient (Wildman–Crippen LogP) is 3.36. The number of nitrogens with one attached hydrogen (secondary N) is 4. The maximum atomic E-state index is 12.3. The number of alkyl halides is 3. The quantitative estimate of drug-likeness (QED) is 0.117. The summed E-state index contributed by atoms with van der Waals surface area (Å²) in [5.74, 6) is -2.11. The van der Waals surface area contributed by atoms with Crippen LogP contribution in [0.3, 0.4) is 0 Å². The number of phenols is 1. The van der Waals surface area contributed by atoms with E-state index in [0.29, 0.717) is 12.0 Å². The van der Waals surface area contributed by atoms with E-state index >= 15 is 0 Å². The van der Waals surface area contributed by atoms with Crippen molar-refractivity contribution in [3.05, 3.63) is 90.0 Å². The number of benzene rings is 3. The summed E-state index contributed by atoms with van der Waals surface area (Å²) < 4.78 is 37.0. The molecule has 0 aliphatic heterocycles.